The van der Waals surface area contributed by atoms with Crippen LogP contribution < -0.4 is 15.0 Å². The molecule has 0 aromatic heterocycles. The highest BCUT2D eigenvalue weighted by molar-refractivity contribution is 7.80. The highest BCUT2D eigenvalue weighted by Crippen LogP contribution is 2.30. The lowest BCUT2D eigenvalue weighted by Gasteiger charge is -2.37. The Labute approximate surface area is 163 Å². The number of ether oxygens (including phenoxy) is 1. The molecule has 0 amide bonds. The number of methoxy groups -OCH3 is 1. The summed E-state index contributed by atoms with van der Waals surface area (Å²) in [5.74, 6) is 0.867. The molecule has 132 valence electrons. The molecular formula is C18H19Cl2N3OS. The van der Waals surface area contributed by atoms with Crippen LogP contribution in [0.4, 0.5) is 11.4 Å². The monoisotopic (exact) mass is 395 g/mol. The molecule has 0 unspecified atom stereocenters. The number of rotatable bonds is 3. The van der Waals surface area contributed by atoms with Gasteiger partial charge in [0.1, 0.15) is 5.75 Å². The van der Waals surface area contributed by atoms with Crippen LogP contribution in [-0.2, 0) is 0 Å². The van der Waals surface area contributed by atoms with Crippen molar-refractivity contribution < 1.29 is 4.74 Å². The van der Waals surface area contributed by atoms with Crippen molar-refractivity contribution in [1.29, 1.82) is 0 Å². The van der Waals surface area contributed by atoms with Crippen LogP contribution in [0.2, 0.25) is 10.0 Å². The number of hydrogen-bond donors (Lipinski definition) is 1. The molecule has 1 saturated heterocycles. The van der Waals surface area contributed by atoms with Gasteiger partial charge in [-0.05, 0) is 48.6 Å². The lowest BCUT2D eigenvalue weighted by Crippen LogP contribution is -2.50. The van der Waals surface area contributed by atoms with Crippen molar-refractivity contribution in [1.82, 2.24) is 4.90 Å². The van der Waals surface area contributed by atoms with E-state index >= 15 is 0 Å². The quantitative estimate of drug-likeness (QED) is 0.771. The van der Waals surface area contributed by atoms with Crippen molar-refractivity contribution >= 4 is 51.9 Å². The Bertz CT molecular complexity index is 746. The molecule has 0 bridgehead atoms. The first-order chi connectivity index (χ1) is 12.1. The van der Waals surface area contributed by atoms with Crippen LogP contribution in [0.25, 0.3) is 0 Å². The molecule has 0 radical (unpaired) electrons. The molecule has 1 aliphatic rings. The minimum absolute atomic E-state index is 0.489. The number of anilines is 2. The third-order valence-corrected chi connectivity index (χ3v) is 5.38. The zero-order valence-electron chi connectivity index (χ0n) is 13.8. The number of piperazine rings is 1. The number of hydrogen-bond acceptors (Lipinski definition) is 3. The Kier molecular flexibility index (Phi) is 5.89. The summed E-state index contributed by atoms with van der Waals surface area (Å²) >= 11 is 17.8. The van der Waals surface area contributed by atoms with Gasteiger partial charge in [-0.3, -0.25) is 0 Å². The van der Waals surface area contributed by atoms with E-state index in [0.717, 1.165) is 37.6 Å². The summed E-state index contributed by atoms with van der Waals surface area (Å²) in [6.07, 6.45) is 0. The van der Waals surface area contributed by atoms with E-state index in [-0.39, 0.29) is 0 Å². The average Bonchev–Trinajstić information content (AvgIpc) is 2.65. The number of thiocarbonyl (C=S) groups is 1. The molecule has 3 rings (SSSR count). The molecule has 0 atom stereocenters. The molecule has 1 N–H and O–H groups in total. The van der Waals surface area contributed by atoms with Crippen molar-refractivity contribution in [2.75, 3.05) is 43.5 Å². The fourth-order valence-corrected chi connectivity index (χ4v) is 3.40. The van der Waals surface area contributed by atoms with E-state index in [1.54, 1.807) is 13.2 Å². The van der Waals surface area contributed by atoms with E-state index in [2.05, 4.69) is 27.2 Å². The second-order valence-electron chi connectivity index (χ2n) is 5.70. The Morgan fingerprint density at radius 1 is 1.04 bits per heavy atom. The lowest BCUT2D eigenvalue weighted by molar-refractivity contribution is 0.390. The zero-order valence-corrected chi connectivity index (χ0v) is 16.2. The zero-order chi connectivity index (χ0) is 17.8. The van der Waals surface area contributed by atoms with Crippen molar-refractivity contribution in [2.24, 2.45) is 0 Å². The maximum atomic E-state index is 6.21. The highest BCUT2D eigenvalue weighted by Gasteiger charge is 2.20. The molecular weight excluding hydrogens is 377 g/mol. The third-order valence-electron chi connectivity index (χ3n) is 4.20. The van der Waals surface area contributed by atoms with Gasteiger partial charge in [-0.1, -0.05) is 29.3 Å². The van der Waals surface area contributed by atoms with Gasteiger partial charge in [0.2, 0.25) is 0 Å². The minimum Gasteiger partial charge on any atom is -0.497 e. The SMILES string of the molecule is COc1ccc(N2CCN(C(=S)Nc3cccc(Cl)c3Cl)CC2)cc1. The normalized spacial score (nSPS) is 14.4. The third kappa shape index (κ3) is 4.29. The number of nitrogens with one attached hydrogen (secondary N) is 1. The minimum atomic E-state index is 0.489. The summed E-state index contributed by atoms with van der Waals surface area (Å²) in [6.45, 7) is 3.49. The molecule has 2 aromatic carbocycles. The molecule has 1 fully saturated rings. The summed E-state index contributed by atoms with van der Waals surface area (Å²) in [5.41, 5.74) is 1.92. The van der Waals surface area contributed by atoms with E-state index in [9.17, 15) is 0 Å². The average molecular weight is 396 g/mol. The predicted molar refractivity (Wildman–Crippen MR) is 109 cm³/mol. The Morgan fingerprint density at radius 2 is 1.72 bits per heavy atom. The van der Waals surface area contributed by atoms with Crippen molar-refractivity contribution in [3.8, 4) is 5.75 Å². The van der Waals surface area contributed by atoms with Crippen LogP contribution in [0, 0.1) is 0 Å². The standard InChI is InChI=1S/C18H19Cl2N3OS/c1-24-14-7-5-13(6-8-14)22-9-11-23(12-10-22)18(25)21-16-4-2-3-15(19)17(16)20/h2-8H,9-12H2,1H3,(H,21,25). The molecule has 25 heavy (non-hydrogen) atoms. The van der Waals surface area contributed by atoms with Crippen molar-refractivity contribution in [3.05, 3.63) is 52.5 Å². The van der Waals surface area contributed by atoms with Gasteiger partial charge < -0.3 is 19.9 Å². The largest absolute Gasteiger partial charge is 0.497 e. The molecule has 7 heteroatoms. The molecule has 0 aliphatic carbocycles. The number of benzene rings is 2. The summed E-state index contributed by atoms with van der Waals surface area (Å²) < 4.78 is 5.21. The van der Waals surface area contributed by atoms with E-state index in [0.29, 0.717) is 15.2 Å². The van der Waals surface area contributed by atoms with E-state index < -0.39 is 0 Å². The van der Waals surface area contributed by atoms with Crippen LogP contribution in [-0.4, -0.2) is 43.3 Å². The number of nitrogens with zero attached hydrogens (tertiary/aromatic N) is 2. The van der Waals surface area contributed by atoms with Crippen molar-refractivity contribution in [3.63, 3.8) is 0 Å². The van der Waals surface area contributed by atoms with E-state index in [1.807, 2.05) is 24.3 Å². The summed E-state index contributed by atoms with van der Waals surface area (Å²) in [4.78, 5) is 4.48. The summed E-state index contributed by atoms with van der Waals surface area (Å²) in [5, 5.41) is 4.86. The smallest absolute Gasteiger partial charge is 0.173 e. The first-order valence-electron chi connectivity index (χ1n) is 7.97. The van der Waals surface area contributed by atoms with Gasteiger partial charge in [0.05, 0.1) is 22.8 Å². The molecule has 4 nitrogen and oxygen atoms in total. The van der Waals surface area contributed by atoms with Crippen LogP contribution in [0.1, 0.15) is 0 Å². The summed E-state index contributed by atoms with van der Waals surface area (Å²) in [6, 6.07) is 13.6. The van der Waals surface area contributed by atoms with Gasteiger partial charge in [0.15, 0.2) is 5.11 Å². The number of halogens is 2. The van der Waals surface area contributed by atoms with E-state index in [1.165, 1.54) is 5.69 Å². The Hall–Kier alpha value is -1.69. The molecule has 1 heterocycles. The van der Waals surface area contributed by atoms with Gasteiger partial charge in [-0.15, -0.1) is 0 Å². The topological polar surface area (TPSA) is 27.7 Å². The molecule has 2 aromatic rings. The van der Waals surface area contributed by atoms with Crippen molar-refractivity contribution in [2.45, 2.75) is 0 Å². The second-order valence-corrected chi connectivity index (χ2v) is 6.88. The second kappa shape index (κ2) is 8.13. The van der Waals surface area contributed by atoms with Crippen LogP contribution in [0.15, 0.2) is 42.5 Å². The first-order valence-corrected chi connectivity index (χ1v) is 9.14. The van der Waals surface area contributed by atoms with Crippen LogP contribution >= 0.6 is 35.4 Å². The fourth-order valence-electron chi connectivity index (χ4n) is 2.76. The van der Waals surface area contributed by atoms with Gasteiger partial charge in [0.25, 0.3) is 0 Å². The van der Waals surface area contributed by atoms with Gasteiger partial charge in [0, 0.05) is 31.9 Å². The highest BCUT2D eigenvalue weighted by atomic mass is 35.5. The maximum absolute atomic E-state index is 6.21. The molecule has 0 spiro atoms. The lowest BCUT2D eigenvalue weighted by atomic mass is 10.2. The van der Waals surface area contributed by atoms with Crippen LogP contribution in [0.3, 0.4) is 0 Å². The maximum Gasteiger partial charge on any atom is 0.173 e. The van der Waals surface area contributed by atoms with Crippen LogP contribution in [0.5, 0.6) is 5.75 Å². The summed E-state index contributed by atoms with van der Waals surface area (Å²) in [7, 11) is 1.67. The fraction of sp³-hybridized carbons (Fsp3) is 0.278. The first kappa shape index (κ1) is 18.1. The van der Waals surface area contributed by atoms with Gasteiger partial charge in [-0.25, -0.2) is 0 Å². The van der Waals surface area contributed by atoms with Gasteiger partial charge >= 0.3 is 0 Å². The Morgan fingerprint density at radius 3 is 2.36 bits per heavy atom. The predicted octanol–water partition coefficient (Wildman–Crippen LogP) is 4.52. The molecule has 1 aliphatic heterocycles. The molecule has 0 saturated carbocycles. The van der Waals surface area contributed by atoms with Gasteiger partial charge in [-0.2, -0.15) is 0 Å². The Balaban J connectivity index is 1.57. The van der Waals surface area contributed by atoms with E-state index in [4.69, 9.17) is 40.2 Å².